The predicted molar refractivity (Wildman–Crippen MR) is 51.4 cm³/mol. The van der Waals surface area contributed by atoms with Crippen molar-refractivity contribution in [2.75, 3.05) is 0 Å². The van der Waals surface area contributed by atoms with E-state index < -0.39 is 0 Å². The first-order valence-electron chi connectivity index (χ1n) is 4.56. The highest BCUT2D eigenvalue weighted by Gasteiger charge is 2.13. The minimum absolute atomic E-state index is 0.862. The van der Waals surface area contributed by atoms with Gasteiger partial charge in [-0.05, 0) is 5.56 Å². The molecule has 0 aliphatic heterocycles. The smallest absolute Gasteiger partial charge is 0.140 e. The van der Waals surface area contributed by atoms with E-state index >= 15 is 0 Å². The van der Waals surface area contributed by atoms with E-state index in [2.05, 4.69) is 22.6 Å². The zero-order valence-corrected chi connectivity index (χ0v) is 8.38. The second-order valence-electron chi connectivity index (χ2n) is 3.30. The third-order valence-electron chi connectivity index (χ3n) is 2.26. The van der Waals surface area contributed by atoms with Gasteiger partial charge in [-0.1, -0.05) is 35.0 Å². The minimum atomic E-state index is 0.862. The Kier molecular flexibility index (Phi) is 2.26. The molecule has 72 valence electrons. The summed E-state index contributed by atoms with van der Waals surface area (Å²) in [6, 6.07) is 10.3. The van der Waals surface area contributed by atoms with E-state index in [0.29, 0.717) is 0 Å². The lowest BCUT2D eigenvalue weighted by molar-refractivity contribution is -0.738. The third kappa shape index (κ3) is 1.64. The summed E-state index contributed by atoms with van der Waals surface area (Å²) in [4.78, 5) is 0. The molecule has 1 aromatic heterocycles. The van der Waals surface area contributed by atoms with Crippen LogP contribution in [-0.2, 0) is 20.5 Å². The number of tetrazole rings is 1. The van der Waals surface area contributed by atoms with Gasteiger partial charge in [0.1, 0.15) is 5.21 Å². The number of hydrogen-bond acceptors (Lipinski definition) is 2. The Morgan fingerprint density at radius 3 is 2.57 bits per heavy atom. The lowest BCUT2D eigenvalue weighted by atomic mass is 10.1. The van der Waals surface area contributed by atoms with Crippen molar-refractivity contribution in [1.29, 1.82) is 0 Å². The van der Waals surface area contributed by atoms with Crippen molar-refractivity contribution in [1.82, 2.24) is 15.1 Å². The van der Waals surface area contributed by atoms with Gasteiger partial charge in [0.25, 0.3) is 5.82 Å². The molecule has 0 aliphatic carbocycles. The molecule has 4 nitrogen and oxygen atoms in total. The lowest BCUT2D eigenvalue weighted by Crippen LogP contribution is -2.35. The van der Waals surface area contributed by atoms with Crippen LogP contribution in [0.5, 0.6) is 0 Å². The van der Waals surface area contributed by atoms with Gasteiger partial charge in [0.05, 0.1) is 20.5 Å². The quantitative estimate of drug-likeness (QED) is 0.634. The molecule has 0 aliphatic rings. The summed E-state index contributed by atoms with van der Waals surface area (Å²) in [7, 11) is 3.82. The maximum atomic E-state index is 3.94. The number of rotatable bonds is 2. The van der Waals surface area contributed by atoms with E-state index in [0.717, 1.165) is 12.2 Å². The van der Waals surface area contributed by atoms with Gasteiger partial charge >= 0.3 is 0 Å². The Labute approximate surface area is 82.8 Å². The largest absolute Gasteiger partial charge is 0.260 e. The zero-order valence-electron chi connectivity index (χ0n) is 8.38. The van der Waals surface area contributed by atoms with Crippen LogP contribution < -0.4 is 4.68 Å². The van der Waals surface area contributed by atoms with Gasteiger partial charge in [-0.15, -0.1) is 4.68 Å². The molecule has 2 aromatic rings. The molecule has 14 heavy (non-hydrogen) atoms. The van der Waals surface area contributed by atoms with Crippen LogP contribution in [0.1, 0.15) is 11.4 Å². The fraction of sp³-hybridized carbons (Fsp3) is 0.300. The van der Waals surface area contributed by atoms with Crippen LogP contribution in [0.25, 0.3) is 0 Å². The molecule has 1 aromatic carbocycles. The molecule has 1 heterocycles. The Bertz CT molecular complexity index is 399. The summed E-state index contributed by atoms with van der Waals surface area (Å²) < 4.78 is 3.60. The first kappa shape index (κ1) is 8.87. The summed E-state index contributed by atoms with van der Waals surface area (Å²) in [6.07, 6.45) is 0.862. The molecule has 0 spiro atoms. The molecule has 0 saturated heterocycles. The van der Waals surface area contributed by atoms with Gasteiger partial charge in [0.15, 0.2) is 5.21 Å². The third-order valence-corrected chi connectivity index (χ3v) is 2.26. The molecule has 0 saturated carbocycles. The van der Waals surface area contributed by atoms with Crippen molar-refractivity contribution in [3.05, 3.63) is 41.7 Å². The molecule has 0 bridgehead atoms. The van der Waals surface area contributed by atoms with Crippen molar-refractivity contribution < 1.29 is 4.68 Å². The van der Waals surface area contributed by atoms with E-state index in [4.69, 9.17) is 0 Å². The summed E-state index contributed by atoms with van der Waals surface area (Å²) in [5, 5.41) is 7.88. The molecule has 0 atom stereocenters. The molecule has 0 fully saturated rings. The summed E-state index contributed by atoms with van der Waals surface area (Å²) in [6.45, 7) is 0. The molecular weight excluding hydrogens is 176 g/mol. The molecule has 2 rings (SSSR count). The van der Waals surface area contributed by atoms with Crippen LogP contribution in [0, 0.1) is 0 Å². The van der Waals surface area contributed by atoms with Crippen LogP contribution in [0.15, 0.2) is 30.3 Å². The normalized spacial score (nSPS) is 10.4. The molecule has 4 heteroatoms. The van der Waals surface area contributed by atoms with Crippen molar-refractivity contribution in [3.8, 4) is 0 Å². The maximum Gasteiger partial charge on any atom is 0.260 e. The number of hydrogen-bond donors (Lipinski definition) is 0. The minimum Gasteiger partial charge on any atom is -0.140 e. The highest BCUT2D eigenvalue weighted by molar-refractivity contribution is 5.17. The average Bonchev–Trinajstić information content (AvgIpc) is 2.51. The molecule has 0 amide bonds. The number of nitrogens with zero attached hydrogens (tertiary/aromatic N) is 4. The number of aromatic nitrogens is 4. The number of aryl methyl sites for hydroxylation is 2. The zero-order chi connectivity index (χ0) is 9.97. The summed E-state index contributed by atoms with van der Waals surface area (Å²) in [5.41, 5.74) is 1.27. The molecule has 0 unspecified atom stereocenters. The SMILES string of the molecule is Cn1nn[n+](C)c1Cc1ccccc1. The first-order valence-corrected chi connectivity index (χ1v) is 4.56. The monoisotopic (exact) mass is 189 g/mol. The molecule has 0 N–H and O–H groups in total. The van der Waals surface area contributed by atoms with E-state index in [1.54, 1.807) is 9.36 Å². The van der Waals surface area contributed by atoms with Gasteiger partial charge in [-0.3, -0.25) is 0 Å². The van der Waals surface area contributed by atoms with E-state index in [9.17, 15) is 0 Å². The Balaban J connectivity index is 2.27. The fourth-order valence-electron chi connectivity index (χ4n) is 1.44. The maximum absolute atomic E-state index is 3.94. The number of benzene rings is 1. The Hall–Kier alpha value is -1.71. The van der Waals surface area contributed by atoms with Crippen LogP contribution >= 0.6 is 0 Å². The topological polar surface area (TPSA) is 34.6 Å². The fourth-order valence-corrected chi connectivity index (χ4v) is 1.44. The molecule has 0 radical (unpaired) electrons. The predicted octanol–water partition coefficient (Wildman–Crippen LogP) is 0.230. The van der Waals surface area contributed by atoms with Crippen LogP contribution in [0.4, 0.5) is 0 Å². The van der Waals surface area contributed by atoms with Crippen molar-refractivity contribution in [2.24, 2.45) is 14.1 Å². The lowest BCUT2D eigenvalue weighted by Gasteiger charge is -1.96. The van der Waals surface area contributed by atoms with Crippen molar-refractivity contribution in [3.63, 3.8) is 0 Å². The van der Waals surface area contributed by atoms with Gasteiger partial charge in [0, 0.05) is 0 Å². The Morgan fingerprint density at radius 2 is 2.00 bits per heavy atom. The van der Waals surface area contributed by atoms with Crippen LogP contribution in [0.2, 0.25) is 0 Å². The average molecular weight is 189 g/mol. The standard InChI is InChI=1S/C10H13N4/c1-13-10(14(2)12-11-13)8-9-6-4-3-5-7-9/h3-7H,8H2,1-2H3/q+1. The van der Waals surface area contributed by atoms with Crippen LogP contribution in [0.3, 0.4) is 0 Å². The first-order chi connectivity index (χ1) is 6.77. The summed E-state index contributed by atoms with van der Waals surface area (Å²) in [5.74, 6) is 1.09. The Morgan fingerprint density at radius 1 is 1.29 bits per heavy atom. The van der Waals surface area contributed by atoms with Crippen molar-refractivity contribution in [2.45, 2.75) is 6.42 Å². The second kappa shape index (κ2) is 3.57. The highest BCUT2D eigenvalue weighted by Crippen LogP contribution is 2.03. The van der Waals surface area contributed by atoms with E-state index in [1.807, 2.05) is 32.3 Å². The molecular formula is C10H13N4+. The van der Waals surface area contributed by atoms with E-state index in [1.165, 1.54) is 5.56 Å². The van der Waals surface area contributed by atoms with Gasteiger partial charge in [0.2, 0.25) is 0 Å². The van der Waals surface area contributed by atoms with Gasteiger partial charge in [-0.25, -0.2) is 0 Å². The second-order valence-corrected chi connectivity index (χ2v) is 3.30. The van der Waals surface area contributed by atoms with Crippen LogP contribution in [-0.4, -0.2) is 15.1 Å². The van der Waals surface area contributed by atoms with Crippen molar-refractivity contribution >= 4 is 0 Å². The highest BCUT2D eigenvalue weighted by atomic mass is 15.6. The summed E-state index contributed by atoms with van der Waals surface area (Å²) >= 11 is 0. The van der Waals surface area contributed by atoms with Gasteiger partial charge in [-0.2, -0.15) is 0 Å². The van der Waals surface area contributed by atoms with Gasteiger partial charge < -0.3 is 0 Å². The van der Waals surface area contributed by atoms with E-state index in [-0.39, 0.29) is 0 Å².